The number of carbonyl (C=O) groups is 1. The van der Waals surface area contributed by atoms with Crippen LogP contribution in [0.5, 0.6) is 0 Å². The van der Waals surface area contributed by atoms with Gasteiger partial charge in [0.2, 0.25) is 0 Å². The Kier molecular flexibility index (Phi) is 6.07. The lowest BCUT2D eigenvalue weighted by molar-refractivity contribution is -0.112. The Hall–Kier alpha value is -2.33. The van der Waals surface area contributed by atoms with Gasteiger partial charge in [0.05, 0.1) is 0 Å². The minimum absolute atomic E-state index is 0.322. The Labute approximate surface area is 151 Å². The molecule has 0 N–H and O–H groups in total. The van der Waals surface area contributed by atoms with E-state index in [9.17, 15) is 4.79 Å². The summed E-state index contributed by atoms with van der Waals surface area (Å²) in [6.07, 6.45) is 8.10. The van der Waals surface area contributed by atoms with Crippen molar-refractivity contribution in [1.29, 1.82) is 0 Å². The van der Waals surface area contributed by atoms with E-state index in [1.54, 1.807) is 0 Å². The Bertz CT molecular complexity index is 735. The van der Waals surface area contributed by atoms with Crippen molar-refractivity contribution < 1.29 is 4.79 Å². The maximum absolute atomic E-state index is 10.8. The van der Waals surface area contributed by atoms with Crippen molar-refractivity contribution in [2.75, 3.05) is 0 Å². The maximum Gasteiger partial charge on any atom is 0.123 e. The van der Waals surface area contributed by atoms with Crippen LogP contribution in [0.4, 0.5) is 0 Å². The minimum Gasteiger partial charge on any atom is -0.303 e. The molecule has 0 unspecified atom stereocenters. The van der Waals surface area contributed by atoms with E-state index >= 15 is 0 Å². The number of rotatable bonds is 4. The van der Waals surface area contributed by atoms with E-state index in [1.807, 2.05) is 0 Å². The largest absolute Gasteiger partial charge is 0.303 e. The molecule has 1 nitrogen and oxygen atoms in total. The molecule has 1 saturated carbocycles. The molecule has 0 saturated heterocycles. The van der Waals surface area contributed by atoms with Crippen molar-refractivity contribution in [2.45, 2.75) is 45.4 Å². The van der Waals surface area contributed by atoms with E-state index in [4.69, 9.17) is 0 Å². The summed E-state index contributed by atoms with van der Waals surface area (Å²) in [5, 5.41) is 0. The lowest BCUT2D eigenvalue weighted by atomic mass is 9.80. The third-order valence-electron chi connectivity index (χ3n) is 5.28. The molecular weight excluding hydrogens is 304 g/mol. The first kappa shape index (κ1) is 17.5. The first-order chi connectivity index (χ1) is 12.2. The molecule has 1 aliphatic rings. The lowest BCUT2D eigenvalue weighted by Gasteiger charge is -2.25. The van der Waals surface area contributed by atoms with Gasteiger partial charge in [-0.1, -0.05) is 41.7 Å². The molecule has 0 aliphatic heterocycles. The zero-order valence-corrected chi connectivity index (χ0v) is 15.0. The third kappa shape index (κ3) is 5.33. The van der Waals surface area contributed by atoms with Crippen molar-refractivity contribution in [3.05, 3.63) is 70.8 Å². The number of hydrogen-bond acceptors (Lipinski definition) is 1. The topological polar surface area (TPSA) is 17.1 Å². The first-order valence-corrected chi connectivity index (χ1v) is 9.36. The highest BCUT2D eigenvalue weighted by Crippen LogP contribution is 2.30. The van der Waals surface area contributed by atoms with Crippen molar-refractivity contribution >= 4 is 6.29 Å². The quantitative estimate of drug-likeness (QED) is 0.547. The summed E-state index contributed by atoms with van der Waals surface area (Å²) < 4.78 is 0. The van der Waals surface area contributed by atoms with Gasteiger partial charge in [-0.05, 0) is 81.2 Å². The van der Waals surface area contributed by atoms with Crippen LogP contribution >= 0.6 is 0 Å². The average Bonchev–Trinajstić information content (AvgIpc) is 2.67. The summed E-state index contributed by atoms with van der Waals surface area (Å²) in [5.41, 5.74) is 4.77. The Morgan fingerprint density at radius 1 is 0.880 bits per heavy atom. The highest BCUT2D eigenvalue weighted by Gasteiger charge is 2.20. The predicted molar refractivity (Wildman–Crippen MR) is 103 cm³/mol. The number of hydrogen-bond donors (Lipinski definition) is 0. The van der Waals surface area contributed by atoms with Gasteiger partial charge in [-0.15, -0.1) is 0 Å². The van der Waals surface area contributed by atoms with E-state index in [2.05, 4.69) is 67.3 Å². The zero-order chi connectivity index (χ0) is 17.5. The van der Waals surface area contributed by atoms with E-state index < -0.39 is 0 Å². The van der Waals surface area contributed by atoms with E-state index in [1.165, 1.54) is 30.4 Å². The van der Waals surface area contributed by atoms with Crippen LogP contribution in [0.15, 0.2) is 48.5 Å². The van der Waals surface area contributed by atoms with Gasteiger partial charge in [-0.25, -0.2) is 0 Å². The van der Waals surface area contributed by atoms with Gasteiger partial charge >= 0.3 is 0 Å². The standard InChI is InChI=1S/C24H26O/c1-19-2-4-20(5-3-19)6-7-21-8-10-22(11-9-21)12-13-23-14-16-24(18-25)17-15-23/h2-5,8-11,18,23-24H,12-17H2,1H3. The van der Waals surface area contributed by atoms with Gasteiger partial charge < -0.3 is 4.79 Å². The predicted octanol–water partition coefficient (Wildman–Crippen LogP) is 5.33. The Balaban J connectivity index is 1.51. The molecule has 0 aromatic heterocycles. The number of benzene rings is 2. The molecule has 3 rings (SSSR count). The van der Waals surface area contributed by atoms with Crippen LogP contribution in [0.1, 0.15) is 54.4 Å². The summed E-state index contributed by atoms with van der Waals surface area (Å²) in [6.45, 7) is 2.09. The molecule has 1 aliphatic carbocycles. The molecule has 1 fully saturated rings. The van der Waals surface area contributed by atoms with Gasteiger partial charge in [0.15, 0.2) is 0 Å². The van der Waals surface area contributed by atoms with Crippen molar-refractivity contribution in [1.82, 2.24) is 0 Å². The molecule has 0 heterocycles. The van der Waals surface area contributed by atoms with Crippen LogP contribution < -0.4 is 0 Å². The molecule has 1 heteroatoms. The Morgan fingerprint density at radius 3 is 2.00 bits per heavy atom. The lowest BCUT2D eigenvalue weighted by Crippen LogP contribution is -2.15. The summed E-state index contributed by atoms with van der Waals surface area (Å²) in [6, 6.07) is 17.0. The molecule has 0 amide bonds. The monoisotopic (exact) mass is 330 g/mol. The Morgan fingerprint density at radius 2 is 1.44 bits per heavy atom. The number of carbonyl (C=O) groups excluding carboxylic acids is 1. The van der Waals surface area contributed by atoms with Crippen LogP contribution in [-0.4, -0.2) is 6.29 Å². The SMILES string of the molecule is Cc1ccc(C#Cc2ccc(CCC3CCC(C=O)CC3)cc2)cc1. The van der Waals surface area contributed by atoms with E-state index in [0.717, 1.165) is 42.6 Å². The van der Waals surface area contributed by atoms with Gasteiger partial charge in [0, 0.05) is 17.0 Å². The smallest absolute Gasteiger partial charge is 0.123 e. The normalized spacial score (nSPS) is 19.7. The second-order valence-electron chi connectivity index (χ2n) is 7.27. The van der Waals surface area contributed by atoms with Gasteiger partial charge in [0.1, 0.15) is 6.29 Å². The second kappa shape index (κ2) is 8.67. The average molecular weight is 330 g/mol. The molecular formula is C24H26O. The molecule has 2 aromatic rings. The van der Waals surface area contributed by atoms with Crippen LogP contribution in [0.2, 0.25) is 0 Å². The molecule has 0 atom stereocenters. The fourth-order valence-electron chi connectivity index (χ4n) is 3.52. The van der Waals surface area contributed by atoms with Crippen molar-refractivity contribution in [3.63, 3.8) is 0 Å². The fourth-order valence-corrected chi connectivity index (χ4v) is 3.52. The van der Waals surface area contributed by atoms with E-state index in [-0.39, 0.29) is 0 Å². The van der Waals surface area contributed by atoms with Crippen LogP contribution in [0.25, 0.3) is 0 Å². The summed E-state index contributed by atoms with van der Waals surface area (Å²) >= 11 is 0. The summed E-state index contributed by atoms with van der Waals surface area (Å²) in [7, 11) is 0. The third-order valence-corrected chi connectivity index (χ3v) is 5.28. The number of aldehydes is 1. The molecule has 0 radical (unpaired) electrons. The zero-order valence-electron chi connectivity index (χ0n) is 15.0. The first-order valence-electron chi connectivity index (χ1n) is 9.36. The molecule has 25 heavy (non-hydrogen) atoms. The summed E-state index contributed by atoms with van der Waals surface area (Å²) in [5.74, 6) is 7.57. The van der Waals surface area contributed by atoms with Crippen molar-refractivity contribution in [3.8, 4) is 11.8 Å². The highest BCUT2D eigenvalue weighted by atomic mass is 16.1. The molecule has 0 spiro atoms. The van der Waals surface area contributed by atoms with Crippen molar-refractivity contribution in [2.24, 2.45) is 11.8 Å². The van der Waals surface area contributed by atoms with Gasteiger partial charge in [0.25, 0.3) is 0 Å². The summed E-state index contributed by atoms with van der Waals surface area (Å²) in [4.78, 5) is 10.8. The minimum atomic E-state index is 0.322. The fraction of sp³-hybridized carbons (Fsp3) is 0.375. The van der Waals surface area contributed by atoms with Gasteiger partial charge in [-0.2, -0.15) is 0 Å². The highest BCUT2D eigenvalue weighted by molar-refractivity contribution is 5.53. The van der Waals surface area contributed by atoms with Crippen LogP contribution in [0.3, 0.4) is 0 Å². The molecule has 2 aromatic carbocycles. The molecule has 0 bridgehead atoms. The maximum atomic E-state index is 10.8. The number of aryl methyl sites for hydroxylation is 2. The second-order valence-corrected chi connectivity index (χ2v) is 7.27. The van der Waals surface area contributed by atoms with Crippen LogP contribution in [0, 0.1) is 30.6 Å². The molecule has 128 valence electrons. The van der Waals surface area contributed by atoms with E-state index in [0.29, 0.717) is 5.92 Å². The van der Waals surface area contributed by atoms with Gasteiger partial charge in [-0.3, -0.25) is 0 Å². The van der Waals surface area contributed by atoms with Crippen LogP contribution in [-0.2, 0) is 11.2 Å².